The molecule has 0 amide bonds. The number of halogens is 2. The molecule has 4 heteroatoms. The van der Waals surface area contributed by atoms with Crippen LogP contribution in [-0.2, 0) is 5.54 Å². The van der Waals surface area contributed by atoms with Gasteiger partial charge in [0.2, 0.25) is 0 Å². The van der Waals surface area contributed by atoms with E-state index in [1.807, 2.05) is 6.07 Å². The topological polar surface area (TPSA) is 35.2 Å². The van der Waals surface area contributed by atoms with Gasteiger partial charge in [-0.15, -0.1) is 0 Å². The number of hydrogen-bond acceptors (Lipinski definition) is 2. The smallest absolute Gasteiger partial charge is 0.139 e. The number of benzene rings is 1. The van der Waals surface area contributed by atoms with Gasteiger partial charge in [0.15, 0.2) is 0 Å². The van der Waals surface area contributed by atoms with Crippen LogP contribution in [0.25, 0.3) is 0 Å². The average molecular weight is 232 g/mol. The fourth-order valence-corrected chi connectivity index (χ4v) is 2.06. The zero-order valence-electron chi connectivity index (χ0n) is 7.81. The van der Waals surface area contributed by atoms with Crippen LogP contribution in [-0.4, -0.2) is 7.11 Å². The average Bonchev–Trinajstić information content (AvgIpc) is 2.88. The molecule has 1 saturated carbocycles. The van der Waals surface area contributed by atoms with Crippen molar-refractivity contribution >= 4 is 23.2 Å². The summed E-state index contributed by atoms with van der Waals surface area (Å²) in [6.07, 6.45) is 1.91. The fourth-order valence-electron chi connectivity index (χ4n) is 1.48. The van der Waals surface area contributed by atoms with Crippen molar-refractivity contribution in [3.63, 3.8) is 0 Å². The lowest BCUT2D eigenvalue weighted by Crippen LogP contribution is -2.19. The largest absolute Gasteiger partial charge is 0.495 e. The Bertz CT molecular complexity index is 375. The maximum atomic E-state index is 6.14. The quantitative estimate of drug-likeness (QED) is 0.850. The number of rotatable bonds is 2. The minimum atomic E-state index is -0.282. The standard InChI is InChI=1S/C10H11Cl2NO/c1-14-8-5-6(11)4-7(9(8)12)10(13)2-3-10/h4-5H,2-3,13H2,1H3. The van der Waals surface area contributed by atoms with Gasteiger partial charge in [0.1, 0.15) is 5.75 Å². The molecule has 1 aromatic carbocycles. The molecule has 0 heterocycles. The van der Waals surface area contributed by atoms with Crippen molar-refractivity contribution < 1.29 is 4.74 Å². The molecule has 0 atom stereocenters. The number of ether oxygens (including phenoxy) is 1. The van der Waals surface area contributed by atoms with Crippen LogP contribution < -0.4 is 10.5 Å². The lowest BCUT2D eigenvalue weighted by Gasteiger charge is -2.14. The van der Waals surface area contributed by atoms with Crippen molar-refractivity contribution in [3.8, 4) is 5.75 Å². The van der Waals surface area contributed by atoms with Gasteiger partial charge in [0.05, 0.1) is 12.1 Å². The van der Waals surface area contributed by atoms with E-state index in [0.717, 1.165) is 18.4 Å². The van der Waals surface area contributed by atoms with E-state index in [9.17, 15) is 0 Å². The first-order chi connectivity index (χ1) is 6.57. The maximum absolute atomic E-state index is 6.14. The Morgan fingerprint density at radius 2 is 2.00 bits per heavy atom. The highest BCUT2D eigenvalue weighted by Gasteiger charge is 2.42. The molecule has 2 rings (SSSR count). The fraction of sp³-hybridized carbons (Fsp3) is 0.400. The SMILES string of the molecule is COc1cc(Cl)cc(C2(N)CC2)c1Cl. The Kier molecular flexibility index (Phi) is 2.38. The highest BCUT2D eigenvalue weighted by atomic mass is 35.5. The van der Waals surface area contributed by atoms with Gasteiger partial charge in [-0.25, -0.2) is 0 Å². The molecule has 1 aliphatic rings. The first-order valence-corrected chi connectivity index (χ1v) is 5.15. The Labute approximate surface area is 92.9 Å². The molecule has 0 bridgehead atoms. The molecule has 1 fully saturated rings. The number of hydrogen-bond donors (Lipinski definition) is 1. The van der Waals surface area contributed by atoms with Crippen molar-refractivity contribution in [2.45, 2.75) is 18.4 Å². The third-order valence-electron chi connectivity index (χ3n) is 2.55. The molecule has 1 aromatic rings. The van der Waals surface area contributed by atoms with E-state index in [0.29, 0.717) is 15.8 Å². The minimum Gasteiger partial charge on any atom is -0.495 e. The molecular formula is C10H11Cl2NO. The van der Waals surface area contributed by atoms with Crippen molar-refractivity contribution in [1.82, 2.24) is 0 Å². The molecule has 0 spiro atoms. The van der Waals surface area contributed by atoms with Gasteiger partial charge in [0, 0.05) is 16.6 Å². The highest BCUT2D eigenvalue weighted by Crippen LogP contribution is 2.48. The zero-order valence-corrected chi connectivity index (χ0v) is 9.32. The van der Waals surface area contributed by atoms with Crippen molar-refractivity contribution in [3.05, 3.63) is 27.7 Å². The molecule has 14 heavy (non-hydrogen) atoms. The molecule has 2 N–H and O–H groups in total. The summed E-state index contributed by atoms with van der Waals surface area (Å²) in [6.45, 7) is 0. The molecule has 0 aromatic heterocycles. The second-order valence-electron chi connectivity index (χ2n) is 3.63. The Morgan fingerprint density at radius 3 is 2.50 bits per heavy atom. The van der Waals surface area contributed by atoms with Gasteiger partial charge >= 0.3 is 0 Å². The maximum Gasteiger partial charge on any atom is 0.139 e. The Hall–Kier alpha value is -0.440. The number of nitrogens with two attached hydrogens (primary N) is 1. The Morgan fingerprint density at radius 1 is 1.36 bits per heavy atom. The van der Waals surface area contributed by atoms with E-state index < -0.39 is 0 Å². The van der Waals surface area contributed by atoms with E-state index in [2.05, 4.69) is 0 Å². The highest BCUT2D eigenvalue weighted by molar-refractivity contribution is 6.35. The zero-order chi connectivity index (χ0) is 10.3. The van der Waals surface area contributed by atoms with Crippen molar-refractivity contribution in [2.75, 3.05) is 7.11 Å². The van der Waals surface area contributed by atoms with Crippen molar-refractivity contribution in [2.24, 2.45) is 5.73 Å². The second kappa shape index (κ2) is 3.30. The van der Waals surface area contributed by atoms with Crippen LogP contribution in [0, 0.1) is 0 Å². The van der Waals surface area contributed by atoms with Gasteiger partial charge in [-0.3, -0.25) is 0 Å². The molecule has 0 unspecified atom stereocenters. The monoisotopic (exact) mass is 231 g/mol. The summed E-state index contributed by atoms with van der Waals surface area (Å²) in [5.41, 5.74) is 6.67. The summed E-state index contributed by atoms with van der Waals surface area (Å²) in [7, 11) is 1.57. The molecule has 2 nitrogen and oxygen atoms in total. The van der Waals surface area contributed by atoms with Gasteiger partial charge in [-0.2, -0.15) is 0 Å². The van der Waals surface area contributed by atoms with Crippen LogP contribution in [0.4, 0.5) is 0 Å². The third-order valence-corrected chi connectivity index (χ3v) is 3.16. The van der Waals surface area contributed by atoms with Crippen LogP contribution in [0.2, 0.25) is 10.0 Å². The third kappa shape index (κ3) is 1.58. The lowest BCUT2D eigenvalue weighted by atomic mass is 10.1. The predicted octanol–water partition coefficient (Wildman–Crippen LogP) is 2.95. The van der Waals surface area contributed by atoms with Crippen LogP contribution in [0.5, 0.6) is 5.75 Å². The lowest BCUT2D eigenvalue weighted by molar-refractivity contribution is 0.414. The summed E-state index contributed by atoms with van der Waals surface area (Å²) in [5, 5.41) is 1.19. The minimum absolute atomic E-state index is 0.282. The van der Waals surface area contributed by atoms with E-state index in [1.54, 1.807) is 13.2 Å². The predicted molar refractivity (Wildman–Crippen MR) is 58.1 cm³/mol. The van der Waals surface area contributed by atoms with E-state index >= 15 is 0 Å². The molecule has 1 aliphatic carbocycles. The van der Waals surface area contributed by atoms with Crippen molar-refractivity contribution in [1.29, 1.82) is 0 Å². The van der Waals surface area contributed by atoms with Gasteiger partial charge in [0.25, 0.3) is 0 Å². The van der Waals surface area contributed by atoms with E-state index in [4.69, 9.17) is 33.7 Å². The van der Waals surface area contributed by atoms with E-state index in [1.165, 1.54) is 0 Å². The molecule has 0 radical (unpaired) electrons. The molecular weight excluding hydrogens is 221 g/mol. The summed E-state index contributed by atoms with van der Waals surface area (Å²) >= 11 is 12.1. The van der Waals surface area contributed by atoms with Gasteiger partial charge in [-0.05, 0) is 24.5 Å². The number of methoxy groups -OCH3 is 1. The van der Waals surface area contributed by atoms with Crippen LogP contribution in [0.15, 0.2) is 12.1 Å². The Balaban J connectivity index is 2.54. The molecule has 0 saturated heterocycles. The first kappa shape index (κ1) is 10.1. The van der Waals surface area contributed by atoms with Crippen LogP contribution >= 0.6 is 23.2 Å². The first-order valence-electron chi connectivity index (χ1n) is 4.39. The summed E-state index contributed by atoms with van der Waals surface area (Å²) < 4.78 is 5.12. The second-order valence-corrected chi connectivity index (χ2v) is 4.44. The van der Waals surface area contributed by atoms with Gasteiger partial charge in [-0.1, -0.05) is 23.2 Å². The molecule has 76 valence electrons. The van der Waals surface area contributed by atoms with Crippen LogP contribution in [0.1, 0.15) is 18.4 Å². The normalized spacial score (nSPS) is 18.0. The summed E-state index contributed by atoms with van der Waals surface area (Å²) in [5.74, 6) is 0.589. The van der Waals surface area contributed by atoms with Gasteiger partial charge < -0.3 is 10.5 Å². The van der Waals surface area contributed by atoms with E-state index in [-0.39, 0.29) is 5.54 Å². The molecule has 0 aliphatic heterocycles. The summed E-state index contributed by atoms with van der Waals surface area (Å²) in [4.78, 5) is 0. The van der Waals surface area contributed by atoms with Crippen LogP contribution in [0.3, 0.4) is 0 Å². The summed E-state index contributed by atoms with van der Waals surface area (Å²) in [6, 6.07) is 3.51.